The summed E-state index contributed by atoms with van der Waals surface area (Å²) in [5, 5.41) is 4.73. The first-order valence-corrected chi connectivity index (χ1v) is 8.47. The van der Waals surface area contributed by atoms with Crippen molar-refractivity contribution in [2.24, 2.45) is 7.05 Å². The van der Waals surface area contributed by atoms with Gasteiger partial charge in [-0.3, -0.25) is 4.79 Å². The van der Waals surface area contributed by atoms with Gasteiger partial charge in [-0.2, -0.15) is 0 Å². The molecule has 124 valence electrons. The lowest BCUT2D eigenvalue weighted by Crippen LogP contribution is -2.22. The Labute approximate surface area is 144 Å². The summed E-state index contributed by atoms with van der Waals surface area (Å²) < 4.78 is 4.49. The van der Waals surface area contributed by atoms with Crippen LogP contribution < -0.4 is 5.32 Å². The maximum Gasteiger partial charge on any atom is 0.157 e. The number of imidazole rings is 1. The molecule has 2 aromatic heterocycles. The molecule has 0 aliphatic carbocycles. The minimum absolute atomic E-state index is 0.341. The quantitative estimate of drug-likeness (QED) is 0.565. The first kappa shape index (κ1) is 14.3. The van der Waals surface area contributed by atoms with Crippen molar-refractivity contribution in [3.63, 3.8) is 0 Å². The fourth-order valence-electron chi connectivity index (χ4n) is 3.92. The van der Waals surface area contributed by atoms with E-state index in [-0.39, 0.29) is 0 Å². The second kappa shape index (κ2) is 4.96. The molecular formula is C20H18N4O. The molecule has 2 aromatic carbocycles. The molecule has 1 N–H and O–H groups in total. The van der Waals surface area contributed by atoms with Crippen molar-refractivity contribution in [1.29, 1.82) is 0 Å². The highest BCUT2D eigenvalue weighted by Gasteiger charge is 2.24. The molecule has 0 radical (unpaired) electrons. The standard InChI is InChI=1S/C20H18N4O/c1-12-10-21-15-5-3-4-14-9-18(24(12)19(14)15)20-22-16-8-13(11-25)6-7-17(16)23(20)2/h3-9,11-12,21H,10H2,1-2H3. The number of aromatic nitrogens is 3. The Morgan fingerprint density at radius 2 is 2.12 bits per heavy atom. The predicted molar refractivity (Wildman–Crippen MR) is 100 cm³/mol. The van der Waals surface area contributed by atoms with Crippen LogP contribution >= 0.6 is 0 Å². The largest absolute Gasteiger partial charge is 0.381 e. The predicted octanol–water partition coefficient (Wildman–Crippen LogP) is 3.99. The summed E-state index contributed by atoms with van der Waals surface area (Å²) in [5.41, 5.74) is 6.05. The Morgan fingerprint density at radius 1 is 1.24 bits per heavy atom. The number of aldehydes is 1. The van der Waals surface area contributed by atoms with Gasteiger partial charge in [-0.05, 0) is 37.3 Å². The summed E-state index contributed by atoms with van der Waals surface area (Å²) in [6, 6.07) is 14.6. The van der Waals surface area contributed by atoms with Crippen molar-refractivity contribution in [1.82, 2.24) is 14.1 Å². The first-order valence-electron chi connectivity index (χ1n) is 8.47. The van der Waals surface area contributed by atoms with E-state index in [0.29, 0.717) is 11.6 Å². The topological polar surface area (TPSA) is 51.9 Å². The van der Waals surface area contributed by atoms with E-state index in [4.69, 9.17) is 4.98 Å². The van der Waals surface area contributed by atoms with Crippen LogP contribution in [0.2, 0.25) is 0 Å². The van der Waals surface area contributed by atoms with E-state index >= 15 is 0 Å². The van der Waals surface area contributed by atoms with E-state index < -0.39 is 0 Å². The normalized spacial score (nSPS) is 16.3. The second-order valence-corrected chi connectivity index (χ2v) is 6.73. The minimum Gasteiger partial charge on any atom is -0.381 e. The number of anilines is 1. The van der Waals surface area contributed by atoms with Gasteiger partial charge in [0.15, 0.2) is 5.82 Å². The zero-order chi connectivity index (χ0) is 17.1. The molecule has 0 saturated heterocycles. The van der Waals surface area contributed by atoms with Gasteiger partial charge in [-0.15, -0.1) is 0 Å². The van der Waals surface area contributed by atoms with Gasteiger partial charge in [-0.25, -0.2) is 4.98 Å². The lowest BCUT2D eigenvalue weighted by Gasteiger charge is -2.26. The van der Waals surface area contributed by atoms with Gasteiger partial charge in [0.05, 0.1) is 27.9 Å². The number of benzene rings is 2. The van der Waals surface area contributed by atoms with Gasteiger partial charge in [0, 0.05) is 30.6 Å². The highest BCUT2D eigenvalue weighted by molar-refractivity contribution is 5.97. The molecule has 3 heterocycles. The number of hydrogen-bond acceptors (Lipinski definition) is 3. The summed E-state index contributed by atoms with van der Waals surface area (Å²) in [5.74, 6) is 0.925. The van der Waals surface area contributed by atoms with Crippen LogP contribution in [0.1, 0.15) is 23.3 Å². The molecule has 0 fully saturated rings. The molecule has 5 nitrogen and oxygen atoms in total. The highest BCUT2D eigenvalue weighted by Crippen LogP contribution is 2.38. The molecular weight excluding hydrogens is 312 g/mol. The van der Waals surface area contributed by atoms with Gasteiger partial charge >= 0.3 is 0 Å². The Balaban J connectivity index is 1.84. The van der Waals surface area contributed by atoms with Crippen LogP contribution in [-0.4, -0.2) is 26.9 Å². The van der Waals surface area contributed by atoms with Crippen LogP contribution in [0.3, 0.4) is 0 Å². The summed E-state index contributed by atoms with van der Waals surface area (Å²) >= 11 is 0. The number of rotatable bonds is 2. The number of carbonyl (C=O) groups excluding carboxylic acids is 1. The van der Waals surface area contributed by atoms with Crippen LogP contribution in [-0.2, 0) is 7.05 Å². The highest BCUT2D eigenvalue weighted by atomic mass is 16.1. The Kier molecular flexibility index (Phi) is 2.83. The first-order chi connectivity index (χ1) is 12.2. The lowest BCUT2D eigenvalue weighted by atomic mass is 10.1. The van der Waals surface area contributed by atoms with Crippen molar-refractivity contribution in [2.75, 3.05) is 11.9 Å². The summed E-state index contributed by atoms with van der Waals surface area (Å²) in [6.45, 7) is 3.12. The fourth-order valence-corrected chi connectivity index (χ4v) is 3.92. The van der Waals surface area contributed by atoms with E-state index in [1.807, 2.05) is 25.2 Å². The van der Waals surface area contributed by atoms with Gasteiger partial charge in [0.25, 0.3) is 0 Å². The van der Waals surface area contributed by atoms with E-state index in [1.165, 1.54) is 16.6 Å². The number of fused-ring (bicyclic) bond motifs is 1. The van der Waals surface area contributed by atoms with E-state index in [1.54, 1.807) is 0 Å². The van der Waals surface area contributed by atoms with Crippen molar-refractivity contribution in [3.8, 4) is 11.5 Å². The number of para-hydroxylation sites is 1. The minimum atomic E-state index is 0.341. The molecule has 0 saturated carbocycles. The van der Waals surface area contributed by atoms with Crippen LogP contribution in [0.5, 0.6) is 0 Å². The average Bonchev–Trinajstić information content (AvgIpc) is 3.17. The van der Waals surface area contributed by atoms with Crippen molar-refractivity contribution < 1.29 is 4.79 Å². The SMILES string of the molecule is CC1CNc2cccc3cc(-c4nc5cc(C=O)ccc5n4C)n1c23. The summed E-state index contributed by atoms with van der Waals surface area (Å²) in [7, 11) is 2.03. The van der Waals surface area contributed by atoms with E-state index in [0.717, 1.165) is 35.4 Å². The van der Waals surface area contributed by atoms with Crippen molar-refractivity contribution >= 4 is 33.9 Å². The molecule has 4 aromatic rings. The number of aryl methyl sites for hydroxylation is 1. The Morgan fingerprint density at radius 3 is 2.96 bits per heavy atom. The van der Waals surface area contributed by atoms with E-state index in [9.17, 15) is 4.79 Å². The molecule has 5 rings (SSSR count). The second-order valence-electron chi connectivity index (χ2n) is 6.73. The van der Waals surface area contributed by atoms with Gasteiger partial charge in [0.2, 0.25) is 0 Å². The average molecular weight is 330 g/mol. The Hall–Kier alpha value is -3.08. The number of nitrogens with one attached hydrogen (secondary N) is 1. The maximum absolute atomic E-state index is 11.1. The summed E-state index contributed by atoms with van der Waals surface area (Å²) in [6.07, 6.45) is 0.864. The monoisotopic (exact) mass is 330 g/mol. The molecule has 25 heavy (non-hydrogen) atoms. The van der Waals surface area contributed by atoms with Crippen LogP contribution in [0.15, 0.2) is 42.5 Å². The van der Waals surface area contributed by atoms with Crippen LogP contribution in [0.25, 0.3) is 33.5 Å². The Bertz CT molecular complexity index is 1150. The third kappa shape index (κ3) is 1.89. The zero-order valence-electron chi connectivity index (χ0n) is 14.2. The molecule has 1 unspecified atom stereocenters. The van der Waals surface area contributed by atoms with Gasteiger partial charge in [0.1, 0.15) is 6.29 Å². The van der Waals surface area contributed by atoms with Gasteiger partial charge in [-0.1, -0.05) is 12.1 Å². The molecule has 5 heteroatoms. The van der Waals surface area contributed by atoms with Gasteiger partial charge < -0.3 is 14.5 Å². The molecule has 0 bridgehead atoms. The van der Waals surface area contributed by atoms with E-state index in [2.05, 4.69) is 45.6 Å². The lowest BCUT2D eigenvalue weighted by molar-refractivity contribution is 0.112. The number of nitrogens with zero attached hydrogens (tertiary/aromatic N) is 3. The van der Waals surface area contributed by atoms with Crippen molar-refractivity contribution in [3.05, 3.63) is 48.0 Å². The van der Waals surface area contributed by atoms with Crippen LogP contribution in [0.4, 0.5) is 5.69 Å². The fraction of sp³-hybridized carbons (Fsp3) is 0.200. The number of hydrogen-bond donors (Lipinski definition) is 1. The van der Waals surface area contributed by atoms with Crippen molar-refractivity contribution in [2.45, 2.75) is 13.0 Å². The third-order valence-electron chi connectivity index (χ3n) is 5.16. The number of carbonyl (C=O) groups is 1. The smallest absolute Gasteiger partial charge is 0.157 e. The summed E-state index contributed by atoms with van der Waals surface area (Å²) in [4.78, 5) is 15.9. The van der Waals surface area contributed by atoms with Crippen LogP contribution in [0, 0.1) is 0 Å². The molecule has 0 spiro atoms. The molecule has 1 aliphatic heterocycles. The third-order valence-corrected chi connectivity index (χ3v) is 5.16. The maximum atomic E-state index is 11.1. The molecule has 1 atom stereocenters. The molecule has 0 amide bonds. The molecule has 1 aliphatic rings. The zero-order valence-corrected chi connectivity index (χ0v) is 14.2.